The van der Waals surface area contributed by atoms with E-state index in [1.54, 1.807) is 0 Å². The van der Waals surface area contributed by atoms with Crippen molar-refractivity contribution in [2.75, 3.05) is 13.7 Å². The third kappa shape index (κ3) is 6.51. The van der Waals surface area contributed by atoms with Crippen molar-refractivity contribution in [3.63, 3.8) is 0 Å². The first-order valence-electron chi connectivity index (χ1n) is 7.95. The first-order valence-corrected chi connectivity index (χ1v) is 7.95. The van der Waals surface area contributed by atoms with Gasteiger partial charge in [-0.15, -0.1) is 0 Å². The third-order valence-corrected chi connectivity index (χ3v) is 3.42. The van der Waals surface area contributed by atoms with Gasteiger partial charge in [0.05, 0.1) is 7.11 Å². The normalized spacial score (nSPS) is 27.1. The Labute approximate surface area is 155 Å². The smallest absolute Gasteiger partial charge is 0.339 e. The molecule has 1 fully saturated rings. The number of rotatable bonds is 6. The summed E-state index contributed by atoms with van der Waals surface area (Å²) in [5.41, 5.74) is 0. The van der Waals surface area contributed by atoms with Crippen LogP contribution in [0.5, 0.6) is 0 Å². The molecule has 0 amide bonds. The van der Waals surface area contributed by atoms with Gasteiger partial charge in [0.15, 0.2) is 24.4 Å². The fourth-order valence-electron chi connectivity index (χ4n) is 2.53. The van der Waals surface area contributed by atoms with Gasteiger partial charge in [0.1, 0.15) is 12.7 Å². The summed E-state index contributed by atoms with van der Waals surface area (Å²) in [7, 11) is 1.08. The Morgan fingerprint density at radius 3 is 1.67 bits per heavy atom. The number of hydrogen-bond acceptors (Lipinski definition) is 11. The predicted octanol–water partition coefficient (Wildman–Crippen LogP) is -0.715. The van der Waals surface area contributed by atoms with Crippen molar-refractivity contribution in [3.05, 3.63) is 0 Å². The minimum absolute atomic E-state index is 0.411. The highest BCUT2D eigenvalue weighted by atomic mass is 16.7. The SMILES string of the molecule is COC(=O)[C@@H]1O[C@H](COC(C)=O)[C@@H](OC(C)=O)[C@H](OC(C)=O)[C@H]1OC(C)=O. The number of esters is 5. The fourth-order valence-corrected chi connectivity index (χ4v) is 2.53. The summed E-state index contributed by atoms with van der Waals surface area (Å²) in [4.78, 5) is 57.8. The first-order chi connectivity index (χ1) is 12.6. The molecule has 152 valence electrons. The third-order valence-electron chi connectivity index (χ3n) is 3.42. The van der Waals surface area contributed by atoms with E-state index in [0.717, 1.165) is 34.8 Å². The van der Waals surface area contributed by atoms with Gasteiger partial charge in [0, 0.05) is 27.7 Å². The molecule has 5 atom stereocenters. The van der Waals surface area contributed by atoms with E-state index in [1.165, 1.54) is 0 Å². The van der Waals surface area contributed by atoms with E-state index in [0.29, 0.717) is 0 Å². The van der Waals surface area contributed by atoms with Crippen molar-refractivity contribution >= 4 is 29.8 Å². The Balaban J connectivity index is 3.33. The maximum atomic E-state index is 12.1. The van der Waals surface area contributed by atoms with Crippen LogP contribution < -0.4 is 0 Å². The molecule has 0 spiro atoms. The highest BCUT2D eigenvalue weighted by molar-refractivity contribution is 5.77. The van der Waals surface area contributed by atoms with Gasteiger partial charge in [0.2, 0.25) is 0 Å². The predicted molar refractivity (Wildman–Crippen MR) is 84.0 cm³/mol. The molecule has 0 aromatic rings. The second-order valence-corrected chi connectivity index (χ2v) is 5.64. The fraction of sp³-hybridized carbons (Fsp3) is 0.688. The first kappa shape index (κ1) is 22.4. The molecule has 0 unspecified atom stereocenters. The minimum Gasteiger partial charge on any atom is -0.467 e. The lowest BCUT2D eigenvalue weighted by Crippen LogP contribution is -2.64. The zero-order valence-electron chi connectivity index (χ0n) is 15.6. The van der Waals surface area contributed by atoms with Crippen LogP contribution in [0, 0.1) is 0 Å². The maximum Gasteiger partial charge on any atom is 0.339 e. The van der Waals surface area contributed by atoms with Crippen molar-refractivity contribution in [1.82, 2.24) is 0 Å². The number of hydrogen-bond donors (Lipinski definition) is 0. The van der Waals surface area contributed by atoms with Crippen LogP contribution in [-0.4, -0.2) is 74.1 Å². The van der Waals surface area contributed by atoms with Crippen LogP contribution in [-0.2, 0) is 52.4 Å². The minimum atomic E-state index is -1.50. The molecule has 0 saturated carbocycles. The van der Waals surface area contributed by atoms with E-state index in [2.05, 4.69) is 4.74 Å². The van der Waals surface area contributed by atoms with Gasteiger partial charge in [0.25, 0.3) is 0 Å². The topological polar surface area (TPSA) is 141 Å². The summed E-state index contributed by atoms with van der Waals surface area (Å²) in [5, 5.41) is 0. The number of methoxy groups -OCH3 is 1. The van der Waals surface area contributed by atoms with Crippen LogP contribution in [0.2, 0.25) is 0 Å². The molecule has 0 radical (unpaired) electrons. The van der Waals surface area contributed by atoms with Gasteiger partial charge in [-0.25, -0.2) is 4.79 Å². The Bertz CT molecular complexity index is 599. The summed E-state index contributed by atoms with van der Waals surface area (Å²) >= 11 is 0. The van der Waals surface area contributed by atoms with Crippen LogP contribution in [0.1, 0.15) is 27.7 Å². The lowest BCUT2D eigenvalue weighted by Gasteiger charge is -2.43. The Morgan fingerprint density at radius 2 is 1.22 bits per heavy atom. The van der Waals surface area contributed by atoms with Gasteiger partial charge < -0.3 is 28.4 Å². The second kappa shape index (κ2) is 9.86. The largest absolute Gasteiger partial charge is 0.467 e. The monoisotopic (exact) mass is 390 g/mol. The van der Waals surface area contributed by atoms with Crippen molar-refractivity contribution in [2.45, 2.75) is 58.2 Å². The zero-order valence-corrected chi connectivity index (χ0v) is 15.6. The summed E-state index contributed by atoms with van der Waals surface area (Å²) in [5.74, 6) is -3.92. The Morgan fingerprint density at radius 1 is 0.741 bits per heavy atom. The highest BCUT2D eigenvalue weighted by Gasteiger charge is 2.54. The maximum absolute atomic E-state index is 12.1. The van der Waals surface area contributed by atoms with E-state index in [1.807, 2.05) is 0 Å². The van der Waals surface area contributed by atoms with E-state index in [4.69, 9.17) is 23.7 Å². The average molecular weight is 390 g/mol. The van der Waals surface area contributed by atoms with Crippen molar-refractivity contribution in [2.24, 2.45) is 0 Å². The summed E-state index contributed by atoms with van der Waals surface area (Å²) < 4.78 is 30.4. The van der Waals surface area contributed by atoms with Gasteiger partial charge in [-0.2, -0.15) is 0 Å². The van der Waals surface area contributed by atoms with Gasteiger partial charge in [-0.3, -0.25) is 19.2 Å². The lowest BCUT2D eigenvalue weighted by atomic mass is 9.94. The van der Waals surface area contributed by atoms with E-state index >= 15 is 0 Å². The molecule has 11 nitrogen and oxygen atoms in total. The molecule has 0 N–H and O–H groups in total. The standard InChI is InChI=1S/C16H22O11/c1-7(17)23-6-11-12(24-8(2)18)13(25-9(3)19)14(26-10(4)20)15(27-11)16(21)22-5/h11-15H,6H2,1-5H3/t11-,12-,13+,14-,15-/m1/s1. The molecule has 27 heavy (non-hydrogen) atoms. The van der Waals surface area contributed by atoms with E-state index in [-0.39, 0.29) is 0 Å². The Kier molecular flexibility index (Phi) is 8.16. The summed E-state index contributed by atoms with van der Waals surface area (Å²) in [6.45, 7) is 3.99. The van der Waals surface area contributed by atoms with E-state index in [9.17, 15) is 24.0 Å². The molecule has 1 aliphatic rings. The van der Waals surface area contributed by atoms with Gasteiger partial charge in [-0.05, 0) is 0 Å². The zero-order chi connectivity index (χ0) is 20.7. The van der Waals surface area contributed by atoms with Crippen LogP contribution in [0.15, 0.2) is 0 Å². The molecular formula is C16H22O11. The van der Waals surface area contributed by atoms with Crippen LogP contribution in [0.25, 0.3) is 0 Å². The van der Waals surface area contributed by atoms with E-state index < -0.39 is 67.0 Å². The molecule has 0 aliphatic carbocycles. The molecule has 0 aromatic heterocycles. The van der Waals surface area contributed by atoms with Gasteiger partial charge >= 0.3 is 29.8 Å². The molecule has 1 rings (SSSR count). The molecule has 0 bridgehead atoms. The van der Waals surface area contributed by atoms with Crippen LogP contribution in [0.4, 0.5) is 0 Å². The number of carbonyl (C=O) groups excluding carboxylic acids is 5. The molecular weight excluding hydrogens is 368 g/mol. The number of ether oxygens (including phenoxy) is 6. The van der Waals surface area contributed by atoms with Crippen LogP contribution >= 0.6 is 0 Å². The molecule has 11 heteroatoms. The quantitative estimate of drug-likeness (QED) is 0.419. The van der Waals surface area contributed by atoms with Crippen molar-refractivity contribution in [3.8, 4) is 0 Å². The average Bonchev–Trinajstić information content (AvgIpc) is 2.54. The summed E-state index contributed by atoms with van der Waals surface area (Å²) in [6, 6.07) is 0. The molecule has 0 aromatic carbocycles. The highest BCUT2D eigenvalue weighted by Crippen LogP contribution is 2.29. The van der Waals surface area contributed by atoms with Crippen molar-refractivity contribution < 1.29 is 52.4 Å². The molecule has 1 aliphatic heterocycles. The van der Waals surface area contributed by atoms with Gasteiger partial charge in [-0.1, -0.05) is 0 Å². The molecule has 1 heterocycles. The second-order valence-electron chi connectivity index (χ2n) is 5.64. The molecule has 1 saturated heterocycles. The number of carbonyl (C=O) groups is 5. The van der Waals surface area contributed by atoms with Crippen LogP contribution in [0.3, 0.4) is 0 Å². The lowest BCUT2D eigenvalue weighted by molar-refractivity contribution is -0.253. The van der Waals surface area contributed by atoms with Crippen molar-refractivity contribution in [1.29, 1.82) is 0 Å². The summed E-state index contributed by atoms with van der Waals surface area (Å²) in [6.07, 6.45) is -6.84. The Hall–Kier alpha value is -2.69.